The summed E-state index contributed by atoms with van der Waals surface area (Å²) < 4.78 is 13.5. The summed E-state index contributed by atoms with van der Waals surface area (Å²) in [5, 5.41) is 4.18. The minimum atomic E-state index is -0.133. The van der Waals surface area contributed by atoms with Crippen molar-refractivity contribution in [3.63, 3.8) is 0 Å². The largest absolute Gasteiger partial charge is 0.497 e. The molecular weight excluding hydrogens is 506 g/mol. The van der Waals surface area contributed by atoms with Crippen LogP contribution in [-0.4, -0.2) is 26.8 Å². The highest BCUT2D eigenvalue weighted by molar-refractivity contribution is 7.80. The lowest BCUT2D eigenvalue weighted by Gasteiger charge is -2.29. The highest BCUT2D eigenvalue weighted by Crippen LogP contribution is 2.42. The molecule has 194 valence electrons. The van der Waals surface area contributed by atoms with Crippen LogP contribution in [0, 0.1) is 0 Å². The van der Waals surface area contributed by atoms with E-state index in [1.54, 1.807) is 7.11 Å². The number of benzene rings is 2. The van der Waals surface area contributed by atoms with Gasteiger partial charge in [-0.1, -0.05) is 12.1 Å². The van der Waals surface area contributed by atoms with E-state index in [0.29, 0.717) is 11.7 Å². The van der Waals surface area contributed by atoms with Gasteiger partial charge in [0, 0.05) is 30.0 Å². The molecule has 7 nitrogen and oxygen atoms in total. The summed E-state index contributed by atoms with van der Waals surface area (Å²) in [6.45, 7) is 0.657. The van der Waals surface area contributed by atoms with Crippen LogP contribution in [0.15, 0.2) is 116 Å². The monoisotopic (exact) mass is 533 g/mol. The van der Waals surface area contributed by atoms with Gasteiger partial charge in [0.1, 0.15) is 23.3 Å². The van der Waals surface area contributed by atoms with Crippen molar-refractivity contribution in [2.75, 3.05) is 12.0 Å². The molecule has 0 saturated carbocycles. The van der Waals surface area contributed by atoms with Gasteiger partial charge >= 0.3 is 0 Å². The molecule has 5 aromatic rings. The van der Waals surface area contributed by atoms with Crippen LogP contribution in [-0.2, 0) is 6.54 Å². The molecule has 1 saturated heterocycles. The number of pyridine rings is 2. The molecule has 8 heteroatoms. The molecule has 4 heterocycles. The third-order valence-electron chi connectivity index (χ3n) is 6.73. The Bertz CT molecular complexity index is 1540. The molecule has 2 atom stereocenters. The van der Waals surface area contributed by atoms with Crippen molar-refractivity contribution < 1.29 is 9.47 Å². The number of nitrogens with zero attached hydrogens (tertiary/aromatic N) is 4. The number of thiocarbonyl (C=S) groups is 1. The molecule has 1 aliphatic heterocycles. The first-order chi connectivity index (χ1) is 19.2. The molecule has 0 unspecified atom stereocenters. The van der Waals surface area contributed by atoms with E-state index in [1.807, 2.05) is 97.3 Å². The van der Waals surface area contributed by atoms with Crippen LogP contribution in [0.1, 0.15) is 29.2 Å². The summed E-state index contributed by atoms with van der Waals surface area (Å²) >= 11 is 5.91. The van der Waals surface area contributed by atoms with Crippen molar-refractivity contribution in [3.05, 3.63) is 133 Å². The smallest absolute Gasteiger partial charge is 0.174 e. The molecule has 0 spiro atoms. The van der Waals surface area contributed by atoms with E-state index in [0.717, 1.165) is 40.0 Å². The molecule has 0 aliphatic carbocycles. The maximum atomic E-state index is 6.05. The lowest BCUT2D eigenvalue weighted by atomic mass is 10.0. The molecule has 39 heavy (non-hydrogen) atoms. The molecule has 3 aromatic heterocycles. The Balaban J connectivity index is 1.33. The number of anilines is 1. The molecule has 0 radical (unpaired) electrons. The Labute approximate surface area is 232 Å². The Hall–Kier alpha value is -4.69. The number of hydrogen-bond donors (Lipinski definition) is 1. The van der Waals surface area contributed by atoms with Crippen LogP contribution in [0.4, 0.5) is 5.69 Å². The summed E-state index contributed by atoms with van der Waals surface area (Å²) in [5.74, 6) is 2.26. The zero-order chi connectivity index (χ0) is 26.6. The number of aromatic nitrogens is 3. The summed E-state index contributed by atoms with van der Waals surface area (Å²) in [7, 11) is 1.65. The Morgan fingerprint density at radius 3 is 2.15 bits per heavy atom. The molecular formula is C31H27N5O2S. The fraction of sp³-hybridized carbons (Fsp3) is 0.129. The fourth-order valence-corrected chi connectivity index (χ4v) is 5.24. The van der Waals surface area contributed by atoms with Gasteiger partial charge in [-0.25, -0.2) is 0 Å². The van der Waals surface area contributed by atoms with Crippen LogP contribution in [0.3, 0.4) is 0 Å². The van der Waals surface area contributed by atoms with Crippen LogP contribution >= 0.6 is 12.2 Å². The van der Waals surface area contributed by atoms with Gasteiger partial charge in [0.2, 0.25) is 0 Å². The normalized spacial score (nSPS) is 16.6. The van der Waals surface area contributed by atoms with Gasteiger partial charge in [-0.15, -0.1) is 0 Å². The fourth-order valence-electron chi connectivity index (χ4n) is 4.89. The number of rotatable bonds is 8. The van der Waals surface area contributed by atoms with Crippen molar-refractivity contribution in [2.45, 2.75) is 18.6 Å². The minimum absolute atomic E-state index is 0.125. The first kappa shape index (κ1) is 24.6. The average Bonchev–Trinajstić information content (AvgIpc) is 3.58. The highest BCUT2D eigenvalue weighted by Gasteiger charge is 2.42. The number of ether oxygens (including phenoxy) is 2. The summed E-state index contributed by atoms with van der Waals surface area (Å²) in [6.07, 6.45) is 5.73. The molecule has 1 N–H and O–H groups in total. The van der Waals surface area contributed by atoms with Crippen molar-refractivity contribution in [2.24, 2.45) is 0 Å². The number of nitrogens with one attached hydrogen (secondary N) is 1. The van der Waals surface area contributed by atoms with E-state index < -0.39 is 0 Å². The Morgan fingerprint density at radius 1 is 0.795 bits per heavy atom. The van der Waals surface area contributed by atoms with Crippen LogP contribution in [0.2, 0.25) is 0 Å². The minimum Gasteiger partial charge on any atom is -0.497 e. The average molecular weight is 534 g/mol. The highest BCUT2D eigenvalue weighted by atomic mass is 32.1. The first-order valence-electron chi connectivity index (χ1n) is 12.7. The van der Waals surface area contributed by atoms with E-state index in [-0.39, 0.29) is 12.1 Å². The van der Waals surface area contributed by atoms with E-state index in [1.165, 1.54) is 0 Å². The van der Waals surface area contributed by atoms with Crippen molar-refractivity contribution in [3.8, 4) is 17.2 Å². The van der Waals surface area contributed by atoms with Crippen LogP contribution < -0.4 is 19.7 Å². The molecule has 6 rings (SSSR count). The third-order valence-corrected chi connectivity index (χ3v) is 7.05. The Morgan fingerprint density at radius 2 is 1.49 bits per heavy atom. The van der Waals surface area contributed by atoms with Gasteiger partial charge in [0.05, 0.1) is 31.1 Å². The zero-order valence-electron chi connectivity index (χ0n) is 21.3. The summed E-state index contributed by atoms with van der Waals surface area (Å²) in [5.41, 5.74) is 3.99. The Kier molecular flexibility index (Phi) is 6.93. The van der Waals surface area contributed by atoms with Gasteiger partial charge in [-0.3, -0.25) is 9.97 Å². The summed E-state index contributed by atoms with van der Waals surface area (Å²) in [4.78, 5) is 11.4. The van der Waals surface area contributed by atoms with Crippen LogP contribution in [0.25, 0.3) is 0 Å². The van der Waals surface area contributed by atoms with E-state index in [9.17, 15) is 0 Å². The van der Waals surface area contributed by atoms with Gasteiger partial charge in [0.15, 0.2) is 5.11 Å². The maximum absolute atomic E-state index is 6.05. The molecule has 0 amide bonds. The second-order valence-electron chi connectivity index (χ2n) is 9.15. The third kappa shape index (κ3) is 5.19. The van der Waals surface area contributed by atoms with E-state index in [2.05, 4.69) is 43.1 Å². The van der Waals surface area contributed by atoms with E-state index >= 15 is 0 Å². The maximum Gasteiger partial charge on any atom is 0.174 e. The second-order valence-corrected chi connectivity index (χ2v) is 9.54. The van der Waals surface area contributed by atoms with Crippen molar-refractivity contribution in [1.29, 1.82) is 0 Å². The lowest BCUT2D eigenvalue weighted by Crippen LogP contribution is -2.30. The number of hydrogen-bond acceptors (Lipinski definition) is 5. The zero-order valence-corrected chi connectivity index (χ0v) is 22.2. The number of methoxy groups -OCH3 is 1. The van der Waals surface area contributed by atoms with Crippen LogP contribution in [0.5, 0.6) is 17.2 Å². The predicted octanol–water partition coefficient (Wildman–Crippen LogP) is 6.30. The van der Waals surface area contributed by atoms with Gasteiger partial charge in [-0.05, 0) is 97.1 Å². The molecule has 2 aromatic carbocycles. The van der Waals surface area contributed by atoms with E-state index in [4.69, 9.17) is 21.7 Å². The van der Waals surface area contributed by atoms with Gasteiger partial charge in [-0.2, -0.15) is 0 Å². The second kappa shape index (κ2) is 11.0. The topological polar surface area (TPSA) is 64.4 Å². The van der Waals surface area contributed by atoms with Gasteiger partial charge < -0.3 is 24.3 Å². The summed E-state index contributed by atoms with van der Waals surface area (Å²) in [6, 6.07) is 31.4. The molecule has 0 bridgehead atoms. The molecule has 1 fully saturated rings. The van der Waals surface area contributed by atoms with Crippen molar-refractivity contribution >= 4 is 23.0 Å². The standard InChI is InChI=1S/C31H27N5O2S/c1-37-24-14-16-26(17-15-24)38-25-12-10-23(11-13-25)36-30(29(34-31(36)39)27-8-3-5-19-33-27)28-9-6-20-35(28)21-22-7-2-4-18-32-22/h2-20,29-30H,21H2,1H3,(H,34,39)/t29-,30-/m0/s1. The first-order valence-corrected chi connectivity index (χ1v) is 13.1. The SMILES string of the molecule is COc1ccc(Oc2ccc(N3C(=S)N[C@@H](c4ccccn4)[C@@H]3c3cccn3Cc3ccccn3)cc2)cc1. The quantitative estimate of drug-likeness (QED) is 0.235. The predicted molar refractivity (Wildman–Crippen MR) is 155 cm³/mol. The van der Waals surface area contributed by atoms with Crippen molar-refractivity contribution in [1.82, 2.24) is 19.9 Å². The lowest BCUT2D eigenvalue weighted by molar-refractivity contribution is 0.413. The van der Waals surface area contributed by atoms with Gasteiger partial charge in [0.25, 0.3) is 0 Å². The molecule has 1 aliphatic rings.